The van der Waals surface area contributed by atoms with E-state index < -0.39 is 10.0 Å². The highest BCUT2D eigenvalue weighted by molar-refractivity contribution is 9.10. The first-order valence-electron chi connectivity index (χ1n) is 6.93. The molecular weight excluding hydrogens is 340 g/mol. The maximum atomic E-state index is 12.0. The lowest BCUT2D eigenvalue weighted by Gasteiger charge is -2.35. The molecule has 1 heterocycles. The lowest BCUT2D eigenvalue weighted by Crippen LogP contribution is -2.49. The van der Waals surface area contributed by atoms with Gasteiger partial charge >= 0.3 is 0 Å². The van der Waals surface area contributed by atoms with Crippen molar-refractivity contribution < 1.29 is 8.42 Å². The molecular formula is C14H21BrN2O2S. The van der Waals surface area contributed by atoms with Crippen LogP contribution < -0.4 is 4.90 Å². The van der Waals surface area contributed by atoms with E-state index in [4.69, 9.17) is 0 Å². The largest absolute Gasteiger partial charge is 0.369 e. The van der Waals surface area contributed by atoms with Crippen molar-refractivity contribution in [2.24, 2.45) is 0 Å². The second-order valence-electron chi connectivity index (χ2n) is 5.14. The van der Waals surface area contributed by atoms with Gasteiger partial charge in [0.25, 0.3) is 0 Å². The number of hydrogen-bond acceptors (Lipinski definition) is 3. The molecule has 1 saturated heterocycles. The quantitative estimate of drug-likeness (QED) is 0.828. The molecule has 1 aliphatic heterocycles. The maximum absolute atomic E-state index is 12.0. The Morgan fingerprint density at radius 1 is 1.20 bits per heavy atom. The summed E-state index contributed by atoms with van der Waals surface area (Å²) in [6, 6.07) is 6.28. The van der Waals surface area contributed by atoms with E-state index in [-0.39, 0.29) is 5.75 Å². The zero-order valence-electron chi connectivity index (χ0n) is 12.0. The Balaban J connectivity index is 2.02. The van der Waals surface area contributed by atoms with Gasteiger partial charge in [0.05, 0.1) is 5.75 Å². The second kappa shape index (κ2) is 6.45. The minimum absolute atomic E-state index is 0.253. The van der Waals surface area contributed by atoms with Crippen molar-refractivity contribution in [3.05, 3.63) is 28.2 Å². The summed E-state index contributed by atoms with van der Waals surface area (Å²) in [5, 5.41) is 0. The Kier molecular flexibility index (Phi) is 5.09. The van der Waals surface area contributed by atoms with Gasteiger partial charge in [-0.05, 0) is 31.0 Å². The number of halogens is 1. The van der Waals surface area contributed by atoms with Crippen LogP contribution in [0.1, 0.15) is 18.9 Å². The van der Waals surface area contributed by atoms with Crippen molar-refractivity contribution in [3.63, 3.8) is 0 Å². The Hall–Kier alpha value is -0.590. The van der Waals surface area contributed by atoms with Crippen LogP contribution in [0.4, 0.5) is 5.69 Å². The summed E-state index contributed by atoms with van der Waals surface area (Å²) in [5.74, 6) is 0.253. The Morgan fingerprint density at radius 2 is 1.85 bits per heavy atom. The predicted molar refractivity (Wildman–Crippen MR) is 86.7 cm³/mol. The number of nitrogens with zero attached hydrogens (tertiary/aromatic N) is 2. The number of sulfonamides is 1. The minimum Gasteiger partial charge on any atom is -0.369 e. The predicted octanol–water partition coefficient (Wildman–Crippen LogP) is 2.62. The smallest absolute Gasteiger partial charge is 0.214 e. The first-order valence-corrected chi connectivity index (χ1v) is 9.33. The monoisotopic (exact) mass is 360 g/mol. The van der Waals surface area contributed by atoms with Gasteiger partial charge < -0.3 is 4.90 Å². The highest BCUT2D eigenvalue weighted by atomic mass is 79.9. The second-order valence-corrected chi connectivity index (χ2v) is 8.08. The molecule has 6 heteroatoms. The summed E-state index contributed by atoms with van der Waals surface area (Å²) < 4.78 is 26.8. The standard InChI is InChI=1S/C14H21BrN2O2S/c1-3-10-20(18,19)17-8-6-16(7-9-17)13-5-4-12(2)14(15)11-13/h4-5,11H,3,6-10H2,1-2H3. The van der Waals surface area contributed by atoms with Crippen LogP contribution in [0, 0.1) is 6.92 Å². The molecule has 0 amide bonds. The van der Waals surface area contributed by atoms with Crippen LogP contribution in [0.15, 0.2) is 22.7 Å². The summed E-state index contributed by atoms with van der Waals surface area (Å²) in [4.78, 5) is 2.24. The van der Waals surface area contributed by atoms with Crippen LogP contribution in [-0.4, -0.2) is 44.7 Å². The van der Waals surface area contributed by atoms with Crippen molar-refractivity contribution in [2.45, 2.75) is 20.3 Å². The van der Waals surface area contributed by atoms with Gasteiger partial charge in [0, 0.05) is 36.3 Å². The Morgan fingerprint density at radius 3 is 2.40 bits per heavy atom. The van der Waals surface area contributed by atoms with Gasteiger partial charge in [0.15, 0.2) is 0 Å². The van der Waals surface area contributed by atoms with Crippen molar-refractivity contribution in [2.75, 3.05) is 36.8 Å². The van der Waals surface area contributed by atoms with Gasteiger partial charge in [-0.3, -0.25) is 0 Å². The third-order valence-corrected chi connectivity index (χ3v) is 6.55. The van der Waals surface area contributed by atoms with Crippen molar-refractivity contribution in [1.82, 2.24) is 4.31 Å². The zero-order chi connectivity index (χ0) is 14.8. The molecule has 0 N–H and O–H groups in total. The lowest BCUT2D eigenvalue weighted by atomic mass is 10.2. The van der Waals surface area contributed by atoms with Gasteiger partial charge in [-0.2, -0.15) is 4.31 Å². The number of anilines is 1. The summed E-state index contributed by atoms with van der Waals surface area (Å²) in [5.41, 5.74) is 2.35. The molecule has 1 fully saturated rings. The maximum Gasteiger partial charge on any atom is 0.214 e. The molecule has 0 aromatic heterocycles. The summed E-state index contributed by atoms with van der Waals surface area (Å²) in [6.07, 6.45) is 0.674. The van der Waals surface area contributed by atoms with Crippen LogP contribution in [0.2, 0.25) is 0 Å². The zero-order valence-corrected chi connectivity index (χ0v) is 14.4. The number of rotatable bonds is 4. The normalized spacial score (nSPS) is 17.4. The van der Waals surface area contributed by atoms with Crippen molar-refractivity contribution >= 4 is 31.6 Å². The Bertz CT molecular complexity index is 567. The molecule has 0 saturated carbocycles. The van der Waals surface area contributed by atoms with Gasteiger partial charge in [-0.25, -0.2) is 8.42 Å². The number of hydrogen-bond donors (Lipinski definition) is 0. The van der Waals surface area contributed by atoms with E-state index in [1.807, 2.05) is 6.92 Å². The topological polar surface area (TPSA) is 40.6 Å². The van der Waals surface area contributed by atoms with E-state index in [9.17, 15) is 8.42 Å². The molecule has 0 atom stereocenters. The van der Waals surface area contributed by atoms with Crippen LogP contribution in [-0.2, 0) is 10.0 Å². The van der Waals surface area contributed by atoms with Crippen molar-refractivity contribution in [3.8, 4) is 0 Å². The van der Waals surface area contributed by atoms with Crippen LogP contribution >= 0.6 is 15.9 Å². The molecule has 2 rings (SSSR count). The third kappa shape index (κ3) is 3.54. The first-order chi connectivity index (χ1) is 9.44. The number of benzene rings is 1. The SMILES string of the molecule is CCCS(=O)(=O)N1CCN(c2ccc(C)c(Br)c2)CC1. The molecule has 20 heavy (non-hydrogen) atoms. The Labute approximate surface area is 129 Å². The van der Waals surface area contributed by atoms with E-state index in [0.717, 1.165) is 23.2 Å². The summed E-state index contributed by atoms with van der Waals surface area (Å²) in [7, 11) is -3.06. The molecule has 0 bridgehead atoms. The van der Waals surface area contributed by atoms with Gasteiger partial charge in [-0.1, -0.05) is 28.9 Å². The highest BCUT2D eigenvalue weighted by Gasteiger charge is 2.26. The highest BCUT2D eigenvalue weighted by Crippen LogP contribution is 2.24. The fourth-order valence-corrected chi connectivity index (χ4v) is 4.25. The van der Waals surface area contributed by atoms with E-state index in [0.29, 0.717) is 19.5 Å². The van der Waals surface area contributed by atoms with Crippen LogP contribution in [0.25, 0.3) is 0 Å². The molecule has 112 valence electrons. The van der Waals surface area contributed by atoms with Crippen molar-refractivity contribution in [1.29, 1.82) is 0 Å². The molecule has 0 radical (unpaired) electrons. The van der Waals surface area contributed by atoms with E-state index in [1.54, 1.807) is 4.31 Å². The average Bonchev–Trinajstić information content (AvgIpc) is 2.42. The van der Waals surface area contributed by atoms with E-state index >= 15 is 0 Å². The fraction of sp³-hybridized carbons (Fsp3) is 0.571. The van der Waals surface area contributed by atoms with E-state index in [2.05, 4.69) is 46.0 Å². The van der Waals surface area contributed by atoms with Crippen LogP contribution in [0.5, 0.6) is 0 Å². The fourth-order valence-electron chi connectivity index (χ4n) is 2.39. The molecule has 1 aromatic rings. The third-order valence-electron chi connectivity index (χ3n) is 3.61. The molecule has 4 nitrogen and oxygen atoms in total. The minimum atomic E-state index is -3.06. The van der Waals surface area contributed by atoms with Gasteiger partial charge in [0.2, 0.25) is 10.0 Å². The lowest BCUT2D eigenvalue weighted by molar-refractivity contribution is 0.384. The van der Waals surface area contributed by atoms with Crippen LogP contribution in [0.3, 0.4) is 0 Å². The summed E-state index contributed by atoms with van der Waals surface area (Å²) in [6.45, 7) is 6.61. The summed E-state index contributed by atoms with van der Waals surface area (Å²) >= 11 is 3.54. The molecule has 0 spiro atoms. The molecule has 0 aliphatic carbocycles. The number of piperazine rings is 1. The molecule has 1 aromatic carbocycles. The van der Waals surface area contributed by atoms with Gasteiger partial charge in [-0.15, -0.1) is 0 Å². The average molecular weight is 361 g/mol. The number of aryl methyl sites for hydroxylation is 1. The molecule has 0 unspecified atom stereocenters. The first kappa shape index (κ1) is 15.8. The molecule has 1 aliphatic rings. The van der Waals surface area contributed by atoms with Gasteiger partial charge in [0.1, 0.15) is 0 Å². The van der Waals surface area contributed by atoms with E-state index in [1.165, 1.54) is 5.56 Å².